The summed E-state index contributed by atoms with van der Waals surface area (Å²) in [5.41, 5.74) is 0.259. The number of amides is 1. The van der Waals surface area contributed by atoms with E-state index in [1.807, 2.05) is 0 Å². The van der Waals surface area contributed by atoms with Gasteiger partial charge in [-0.1, -0.05) is 12.1 Å². The van der Waals surface area contributed by atoms with E-state index in [9.17, 15) is 14.0 Å². The van der Waals surface area contributed by atoms with Crippen LogP contribution >= 0.6 is 15.9 Å². The minimum Gasteiger partial charge on any atom is -0.351 e. The predicted molar refractivity (Wildman–Crippen MR) is 90.3 cm³/mol. The zero-order chi connectivity index (χ0) is 17.1. The molecule has 0 saturated carbocycles. The van der Waals surface area contributed by atoms with Crippen LogP contribution in [0.15, 0.2) is 45.9 Å². The highest BCUT2D eigenvalue weighted by Gasteiger charge is 2.12. The lowest BCUT2D eigenvalue weighted by Gasteiger charge is -2.07. The highest BCUT2D eigenvalue weighted by Crippen LogP contribution is 2.12. The molecule has 3 aromatic rings. The van der Waals surface area contributed by atoms with Crippen LogP contribution in [0.4, 0.5) is 4.39 Å². The molecule has 24 heavy (non-hydrogen) atoms. The van der Waals surface area contributed by atoms with Crippen molar-refractivity contribution in [2.24, 2.45) is 0 Å². The highest BCUT2D eigenvalue weighted by atomic mass is 79.9. The molecular weight excluding hydrogens is 379 g/mol. The molecule has 122 valence electrons. The summed E-state index contributed by atoms with van der Waals surface area (Å²) in [6, 6.07) is 8.30. The zero-order valence-electron chi connectivity index (χ0n) is 12.3. The maximum atomic E-state index is 13.6. The number of halogens is 2. The molecule has 2 heterocycles. The quantitative estimate of drug-likeness (QED) is 0.668. The average molecular weight is 391 g/mol. The van der Waals surface area contributed by atoms with Gasteiger partial charge in [0.05, 0.1) is 22.7 Å². The van der Waals surface area contributed by atoms with Gasteiger partial charge in [-0.25, -0.2) is 14.4 Å². The van der Waals surface area contributed by atoms with Gasteiger partial charge in [0.1, 0.15) is 10.4 Å². The summed E-state index contributed by atoms with van der Waals surface area (Å²) in [6.45, 7) is 0.208. The van der Waals surface area contributed by atoms with Gasteiger partial charge in [0.2, 0.25) is 0 Å². The van der Waals surface area contributed by atoms with Gasteiger partial charge in [0, 0.05) is 13.0 Å². The number of fused-ring (bicyclic) bond motifs is 1. The van der Waals surface area contributed by atoms with Crippen LogP contribution in [-0.4, -0.2) is 27.4 Å². The van der Waals surface area contributed by atoms with Crippen LogP contribution in [0.25, 0.3) is 10.9 Å². The number of carbonyl (C=O) groups is 1. The Bertz CT molecular complexity index is 974. The number of aromatic amines is 1. The van der Waals surface area contributed by atoms with Crippen LogP contribution < -0.4 is 10.9 Å². The third kappa shape index (κ3) is 3.48. The Morgan fingerprint density at radius 1 is 1.33 bits per heavy atom. The van der Waals surface area contributed by atoms with Crippen molar-refractivity contribution in [2.45, 2.75) is 6.42 Å². The molecule has 0 fully saturated rings. The smallest absolute Gasteiger partial charge is 0.258 e. The topological polar surface area (TPSA) is 87.7 Å². The van der Waals surface area contributed by atoms with Crippen molar-refractivity contribution in [3.63, 3.8) is 0 Å². The monoisotopic (exact) mass is 390 g/mol. The molecular formula is C16H12BrFN4O2. The van der Waals surface area contributed by atoms with Gasteiger partial charge in [0.25, 0.3) is 11.5 Å². The van der Waals surface area contributed by atoms with Crippen molar-refractivity contribution in [3.05, 3.63) is 68.7 Å². The van der Waals surface area contributed by atoms with E-state index in [-0.39, 0.29) is 17.7 Å². The number of para-hydroxylation sites is 1. The maximum absolute atomic E-state index is 13.6. The lowest BCUT2D eigenvalue weighted by atomic mass is 10.2. The van der Waals surface area contributed by atoms with E-state index in [1.54, 1.807) is 24.3 Å². The number of rotatable bonds is 4. The molecule has 0 spiro atoms. The Morgan fingerprint density at radius 2 is 2.12 bits per heavy atom. The molecule has 0 atom stereocenters. The molecule has 3 rings (SSSR count). The number of carbonyl (C=O) groups excluding carboxylic acids is 1. The van der Waals surface area contributed by atoms with Gasteiger partial charge in [-0.05, 0) is 34.1 Å². The minimum atomic E-state index is -0.701. The summed E-state index contributed by atoms with van der Waals surface area (Å²) < 4.78 is 14.0. The van der Waals surface area contributed by atoms with Crippen LogP contribution in [0.3, 0.4) is 0 Å². The van der Waals surface area contributed by atoms with Crippen molar-refractivity contribution in [1.29, 1.82) is 0 Å². The second kappa shape index (κ2) is 6.88. The SMILES string of the molecule is O=C(NCCc1nc2ccccc2c(=O)[nH]1)c1cc(Br)ncc1F. The summed E-state index contributed by atoms with van der Waals surface area (Å²) in [7, 11) is 0. The molecule has 8 heteroatoms. The van der Waals surface area contributed by atoms with Gasteiger partial charge < -0.3 is 10.3 Å². The standard InChI is InChI=1S/C16H12BrFN4O2/c17-13-7-10(11(18)8-20-13)15(23)19-6-5-14-21-12-4-2-1-3-9(12)16(24)22-14/h1-4,7-8H,5-6H2,(H,19,23)(H,21,22,24). The van der Waals surface area contributed by atoms with Gasteiger partial charge in [-0.3, -0.25) is 9.59 Å². The third-order valence-corrected chi connectivity index (χ3v) is 3.81. The second-order valence-corrected chi connectivity index (χ2v) is 5.84. The lowest BCUT2D eigenvalue weighted by Crippen LogP contribution is -2.27. The van der Waals surface area contributed by atoms with E-state index in [2.05, 4.69) is 36.2 Å². The average Bonchev–Trinajstić information content (AvgIpc) is 2.57. The van der Waals surface area contributed by atoms with E-state index in [4.69, 9.17) is 0 Å². The van der Waals surface area contributed by atoms with Gasteiger partial charge in [0.15, 0.2) is 5.82 Å². The molecule has 0 unspecified atom stereocenters. The summed E-state index contributed by atoms with van der Waals surface area (Å²) in [4.78, 5) is 34.7. The van der Waals surface area contributed by atoms with Crippen LogP contribution in [0.2, 0.25) is 0 Å². The Hall–Kier alpha value is -2.61. The molecule has 0 saturated heterocycles. The van der Waals surface area contributed by atoms with Crippen molar-refractivity contribution in [3.8, 4) is 0 Å². The highest BCUT2D eigenvalue weighted by molar-refractivity contribution is 9.10. The van der Waals surface area contributed by atoms with E-state index in [0.717, 1.165) is 6.20 Å². The van der Waals surface area contributed by atoms with Crippen molar-refractivity contribution in [2.75, 3.05) is 6.54 Å². The Kier molecular flexibility index (Phi) is 4.66. The van der Waals surface area contributed by atoms with Crippen molar-refractivity contribution in [1.82, 2.24) is 20.3 Å². The van der Waals surface area contributed by atoms with Crippen molar-refractivity contribution < 1.29 is 9.18 Å². The Balaban J connectivity index is 1.69. The number of pyridine rings is 1. The molecule has 6 nitrogen and oxygen atoms in total. The normalized spacial score (nSPS) is 10.8. The maximum Gasteiger partial charge on any atom is 0.258 e. The second-order valence-electron chi connectivity index (χ2n) is 5.02. The predicted octanol–water partition coefficient (Wildman–Crippen LogP) is 2.19. The van der Waals surface area contributed by atoms with Crippen LogP contribution in [0, 0.1) is 5.82 Å². The fourth-order valence-electron chi connectivity index (χ4n) is 2.23. The Labute approximate surface area is 144 Å². The lowest BCUT2D eigenvalue weighted by molar-refractivity contribution is 0.0949. The molecule has 0 aliphatic carbocycles. The number of nitrogens with one attached hydrogen (secondary N) is 2. The molecule has 0 aliphatic heterocycles. The first kappa shape index (κ1) is 16.3. The van der Waals surface area contributed by atoms with Crippen LogP contribution in [0.5, 0.6) is 0 Å². The number of hydrogen-bond donors (Lipinski definition) is 2. The summed E-state index contributed by atoms with van der Waals surface area (Å²) >= 11 is 3.09. The first-order chi connectivity index (χ1) is 11.5. The summed E-state index contributed by atoms with van der Waals surface area (Å²) in [5.74, 6) is -0.804. The minimum absolute atomic E-state index is 0.100. The van der Waals surface area contributed by atoms with E-state index in [1.165, 1.54) is 6.07 Å². The summed E-state index contributed by atoms with van der Waals surface area (Å²) in [5, 5.41) is 3.10. The van der Waals surface area contributed by atoms with Gasteiger partial charge in [-0.2, -0.15) is 0 Å². The fraction of sp³-hybridized carbons (Fsp3) is 0.125. The van der Waals surface area contributed by atoms with Crippen molar-refractivity contribution >= 4 is 32.7 Å². The molecule has 1 amide bonds. The van der Waals surface area contributed by atoms with Crippen LogP contribution in [-0.2, 0) is 6.42 Å². The first-order valence-electron chi connectivity index (χ1n) is 7.12. The Morgan fingerprint density at radius 3 is 2.96 bits per heavy atom. The molecule has 2 aromatic heterocycles. The number of H-pyrrole nitrogens is 1. The number of aromatic nitrogens is 3. The largest absolute Gasteiger partial charge is 0.351 e. The number of benzene rings is 1. The van der Waals surface area contributed by atoms with E-state index >= 15 is 0 Å². The molecule has 0 radical (unpaired) electrons. The molecule has 0 bridgehead atoms. The fourth-order valence-corrected chi connectivity index (χ4v) is 2.56. The van der Waals surface area contributed by atoms with E-state index in [0.29, 0.717) is 27.8 Å². The zero-order valence-corrected chi connectivity index (χ0v) is 13.9. The molecule has 1 aromatic carbocycles. The third-order valence-electron chi connectivity index (χ3n) is 3.38. The molecule has 2 N–H and O–H groups in total. The van der Waals surface area contributed by atoms with E-state index < -0.39 is 11.7 Å². The molecule has 0 aliphatic rings. The summed E-state index contributed by atoms with van der Waals surface area (Å²) in [6.07, 6.45) is 1.29. The number of hydrogen-bond acceptors (Lipinski definition) is 4. The van der Waals surface area contributed by atoms with Crippen LogP contribution in [0.1, 0.15) is 16.2 Å². The van der Waals surface area contributed by atoms with Gasteiger partial charge >= 0.3 is 0 Å². The number of nitrogens with zero attached hydrogens (tertiary/aromatic N) is 2. The van der Waals surface area contributed by atoms with Gasteiger partial charge in [-0.15, -0.1) is 0 Å². The first-order valence-corrected chi connectivity index (χ1v) is 7.91.